The van der Waals surface area contributed by atoms with Crippen LogP contribution in [0.5, 0.6) is 5.75 Å². The summed E-state index contributed by atoms with van der Waals surface area (Å²) in [6.07, 6.45) is 0. The molecule has 0 unspecified atom stereocenters. The molecule has 0 heterocycles. The molecular formula is C9H7FO3. The zero-order chi connectivity index (χ0) is 9.84. The number of phenolic OH excluding ortho intramolecular Hbond substituents is 1. The van der Waals surface area contributed by atoms with E-state index in [1.165, 1.54) is 24.3 Å². The van der Waals surface area contributed by atoms with Crippen molar-refractivity contribution >= 4 is 11.6 Å². The fraction of sp³-hybridized carbons (Fsp3) is 0.111. The molecule has 0 aliphatic heterocycles. The van der Waals surface area contributed by atoms with Gasteiger partial charge in [-0.15, -0.1) is 0 Å². The average Bonchev–Trinajstić information content (AvgIpc) is 2.17. The summed E-state index contributed by atoms with van der Waals surface area (Å²) in [7, 11) is 0. The fourth-order valence-electron chi connectivity index (χ4n) is 0.834. The second kappa shape index (κ2) is 3.80. The minimum absolute atomic E-state index is 0.00996. The van der Waals surface area contributed by atoms with E-state index >= 15 is 0 Å². The molecule has 13 heavy (non-hydrogen) atoms. The highest BCUT2D eigenvalue weighted by Crippen LogP contribution is 2.10. The molecule has 0 spiro atoms. The number of alkyl halides is 1. The van der Waals surface area contributed by atoms with Crippen LogP contribution in [0.1, 0.15) is 10.4 Å². The summed E-state index contributed by atoms with van der Waals surface area (Å²) in [4.78, 5) is 21.6. The van der Waals surface area contributed by atoms with Crippen LogP contribution in [0.3, 0.4) is 0 Å². The molecule has 0 radical (unpaired) electrons. The number of carbonyl (C=O) groups excluding carboxylic acids is 2. The maximum absolute atomic E-state index is 11.8. The highest BCUT2D eigenvalue weighted by molar-refractivity contribution is 6.44. The minimum atomic E-state index is -1.29. The first-order chi connectivity index (χ1) is 6.15. The molecule has 3 nitrogen and oxygen atoms in total. The van der Waals surface area contributed by atoms with E-state index in [1.54, 1.807) is 0 Å². The standard InChI is InChI=1S/C9H7FO3/c10-5-8(12)9(13)6-1-3-7(11)4-2-6/h1-4,11H,5H2. The van der Waals surface area contributed by atoms with Crippen LogP contribution < -0.4 is 0 Å². The molecule has 0 saturated carbocycles. The first-order valence-corrected chi connectivity index (χ1v) is 3.57. The molecule has 1 N–H and O–H groups in total. The van der Waals surface area contributed by atoms with Crippen molar-refractivity contribution < 1.29 is 19.1 Å². The van der Waals surface area contributed by atoms with Gasteiger partial charge < -0.3 is 5.11 Å². The van der Waals surface area contributed by atoms with Gasteiger partial charge in [-0.1, -0.05) is 0 Å². The van der Waals surface area contributed by atoms with Crippen LogP contribution in [0, 0.1) is 0 Å². The van der Waals surface area contributed by atoms with Crippen LogP contribution >= 0.6 is 0 Å². The lowest BCUT2D eigenvalue weighted by molar-refractivity contribution is -0.115. The Balaban J connectivity index is 2.90. The SMILES string of the molecule is O=C(CF)C(=O)c1ccc(O)cc1. The van der Waals surface area contributed by atoms with Gasteiger partial charge in [-0.2, -0.15) is 0 Å². The highest BCUT2D eigenvalue weighted by atomic mass is 19.1. The Morgan fingerprint density at radius 1 is 1.23 bits per heavy atom. The molecule has 0 aliphatic rings. The Kier molecular flexibility index (Phi) is 2.74. The van der Waals surface area contributed by atoms with Gasteiger partial charge in [0.25, 0.3) is 0 Å². The summed E-state index contributed by atoms with van der Waals surface area (Å²) in [6, 6.07) is 5.06. The largest absolute Gasteiger partial charge is 0.508 e. The molecule has 0 saturated heterocycles. The Morgan fingerprint density at radius 2 is 1.77 bits per heavy atom. The van der Waals surface area contributed by atoms with Gasteiger partial charge in [0.2, 0.25) is 11.6 Å². The molecule has 0 fully saturated rings. The molecule has 4 heteroatoms. The number of phenols is 1. The quantitative estimate of drug-likeness (QED) is 0.562. The lowest BCUT2D eigenvalue weighted by Crippen LogP contribution is -2.15. The van der Waals surface area contributed by atoms with Gasteiger partial charge >= 0.3 is 0 Å². The van der Waals surface area contributed by atoms with E-state index in [1.807, 2.05) is 0 Å². The van der Waals surface area contributed by atoms with Gasteiger partial charge in [-0.25, -0.2) is 4.39 Å². The number of ketones is 2. The van der Waals surface area contributed by atoms with Crippen LogP contribution in [0.25, 0.3) is 0 Å². The second-order valence-corrected chi connectivity index (χ2v) is 2.43. The number of aromatic hydroxyl groups is 1. The summed E-state index contributed by atoms with van der Waals surface area (Å²) in [5.41, 5.74) is 0.0838. The molecule has 68 valence electrons. The van der Waals surface area contributed by atoms with Gasteiger partial charge in [0.15, 0.2) is 6.67 Å². The third-order valence-electron chi connectivity index (χ3n) is 1.50. The van der Waals surface area contributed by atoms with E-state index in [9.17, 15) is 14.0 Å². The Hall–Kier alpha value is -1.71. The van der Waals surface area contributed by atoms with Crippen molar-refractivity contribution in [3.05, 3.63) is 29.8 Å². The number of halogens is 1. The maximum atomic E-state index is 11.8. The predicted molar refractivity (Wildman–Crippen MR) is 43.4 cm³/mol. The van der Waals surface area contributed by atoms with E-state index in [0.717, 1.165) is 0 Å². The van der Waals surface area contributed by atoms with Gasteiger partial charge in [-0.05, 0) is 24.3 Å². The van der Waals surface area contributed by atoms with E-state index in [-0.39, 0.29) is 11.3 Å². The van der Waals surface area contributed by atoms with Crippen molar-refractivity contribution in [2.75, 3.05) is 6.67 Å². The lowest BCUT2D eigenvalue weighted by atomic mass is 10.1. The van der Waals surface area contributed by atoms with Crippen molar-refractivity contribution in [3.8, 4) is 5.75 Å². The molecule has 1 rings (SSSR count). The molecule has 0 bridgehead atoms. The van der Waals surface area contributed by atoms with E-state index in [4.69, 9.17) is 5.11 Å². The average molecular weight is 182 g/mol. The van der Waals surface area contributed by atoms with Crippen molar-refractivity contribution in [3.63, 3.8) is 0 Å². The normalized spacial score (nSPS) is 9.62. The fourth-order valence-corrected chi connectivity index (χ4v) is 0.834. The van der Waals surface area contributed by atoms with Crippen LogP contribution in [0.15, 0.2) is 24.3 Å². The van der Waals surface area contributed by atoms with Crippen LogP contribution in [-0.2, 0) is 4.79 Å². The van der Waals surface area contributed by atoms with Crippen molar-refractivity contribution in [2.45, 2.75) is 0 Å². The van der Waals surface area contributed by atoms with Crippen LogP contribution in [0.4, 0.5) is 4.39 Å². The Labute approximate surface area is 73.8 Å². The molecule has 0 aliphatic carbocycles. The first kappa shape index (κ1) is 9.38. The van der Waals surface area contributed by atoms with Crippen molar-refractivity contribution in [1.29, 1.82) is 0 Å². The third kappa shape index (κ3) is 2.11. The smallest absolute Gasteiger partial charge is 0.234 e. The zero-order valence-corrected chi connectivity index (χ0v) is 6.66. The number of carbonyl (C=O) groups is 2. The number of hydrogen-bond acceptors (Lipinski definition) is 3. The topological polar surface area (TPSA) is 54.4 Å². The van der Waals surface area contributed by atoms with Gasteiger partial charge in [0.1, 0.15) is 5.75 Å². The Bertz CT molecular complexity index is 329. The number of rotatable bonds is 3. The summed E-state index contributed by atoms with van der Waals surface area (Å²) < 4.78 is 11.8. The number of benzene rings is 1. The molecule has 0 atom stereocenters. The van der Waals surface area contributed by atoms with Crippen molar-refractivity contribution in [2.24, 2.45) is 0 Å². The summed E-state index contributed by atoms with van der Waals surface area (Å²) >= 11 is 0. The van der Waals surface area contributed by atoms with Gasteiger partial charge in [-0.3, -0.25) is 9.59 Å². The maximum Gasteiger partial charge on any atom is 0.234 e. The minimum Gasteiger partial charge on any atom is -0.508 e. The lowest BCUT2D eigenvalue weighted by Gasteiger charge is -1.96. The third-order valence-corrected chi connectivity index (χ3v) is 1.50. The molecule has 1 aromatic carbocycles. The van der Waals surface area contributed by atoms with E-state index < -0.39 is 18.2 Å². The molecule has 0 aromatic heterocycles. The summed E-state index contributed by atoms with van der Waals surface area (Å²) in [5, 5.41) is 8.86. The molecule has 0 amide bonds. The van der Waals surface area contributed by atoms with E-state index in [2.05, 4.69) is 0 Å². The van der Waals surface area contributed by atoms with Crippen LogP contribution in [0.2, 0.25) is 0 Å². The molecular weight excluding hydrogens is 175 g/mol. The highest BCUT2D eigenvalue weighted by Gasteiger charge is 2.14. The van der Waals surface area contributed by atoms with Crippen molar-refractivity contribution in [1.82, 2.24) is 0 Å². The molecule has 1 aromatic rings. The zero-order valence-electron chi connectivity index (χ0n) is 6.66. The Morgan fingerprint density at radius 3 is 2.23 bits per heavy atom. The predicted octanol–water partition coefficient (Wildman–Crippen LogP) is 1.11. The summed E-state index contributed by atoms with van der Waals surface area (Å²) in [6.45, 7) is -1.29. The summed E-state index contributed by atoms with van der Waals surface area (Å²) in [5.74, 6) is -1.96. The van der Waals surface area contributed by atoms with Gasteiger partial charge in [0.05, 0.1) is 0 Å². The number of hydrogen-bond donors (Lipinski definition) is 1. The monoisotopic (exact) mass is 182 g/mol. The first-order valence-electron chi connectivity index (χ1n) is 3.57. The van der Waals surface area contributed by atoms with E-state index in [0.29, 0.717) is 0 Å². The number of Topliss-reactive ketones (excluding diaryl/α,β-unsaturated/α-hetero) is 2. The van der Waals surface area contributed by atoms with Crippen LogP contribution in [-0.4, -0.2) is 23.3 Å². The van der Waals surface area contributed by atoms with Gasteiger partial charge in [0, 0.05) is 5.56 Å². The second-order valence-electron chi connectivity index (χ2n) is 2.43.